The summed E-state index contributed by atoms with van der Waals surface area (Å²) in [4.78, 5) is 23.7. The fraction of sp³-hybridized carbons (Fsp3) is 0.846. The van der Waals surface area contributed by atoms with Crippen LogP contribution in [0.3, 0.4) is 0 Å². The van der Waals surface area contributed by atoms with Crippen LogP contribution in [0.15, 0.2) is 0 Å². The molecule has 0 fully saturated rings. The summed E-state index contributed by atoms with van der Waals surface area (Å²) in [5.41, 5.74) is 0. The van der Waals surface area contributed by atoms with Gasteiger partial charge in [-0.3, -0.25) is 4.79 Å². The second-order valence-corrected chi connectivity index (χ2v) is 4.50. The molecule has 0 aromatic carbocycles. The number of amides is 2. The fourth-order valence-electron chi connectivity index (χ4n) is 1.67. The average Bonchev–Trinajstić information content (AvgIpc) is 2.38. The Morgan fingerprint density at radius 2 is 1.84 bits per heavy atom. The van der Waals surface area contributed by atoms with Gasteiger partial charge < -0.3 is 20.4 Å². The smallest absolute Gasteiger partial charge is 0.317 e. The Bertz CT molecular complexity index is 259. The van der Waals surface area contributed by atoms with Crippen molar-refractivity contribution in [2.45, 2.75) is 45.4 Å². The summed E-state index contributed by atoms with van der Waals surface area (Å²) in [5, 5.41) is 20.2. The summed E-state index contributed by atoms with van der Waals surface area (Å²) in [6.45, 7) is 3.58. The monoisotopic (exact) mass is 274 g/mol. The number of carbonyl (C=O) groups is 2. The quantitative estimate of drug-likeness (QED) is 0.497. The number of hydrogen-bond acceptors (Lipinski definition) is 3. The van der Waals surface area contributed by atoms with E-state index in [4.69, 9.17) is 10.2 Å². The van der Waals surface area contributed by atoms with Gasteiger partial charge in [-0.15, -0.1) is 0 Å². The topological polar surface area (TPSA) is 89.9 Å². The molecule has 19 heavy (non-hydrogen) atoms. The molecule has 2 amide bonds. The van der Waals surface area contributed by atoms with Crippen molar-refractivity contribution in [3.63, 3.8) is 0 Å². The van der Waals surface area contributed by atoms with Crippen LogP contribution in [0.1, 0.15) is 45.4 Å². The Balaban J connectivity index is 3.70. The number of carboxylic acid groups (broad SMARTS) is 1. The standard InChI is InChI=1S/C13H26N2O4/c1-2-3-9-15(10-11-16)13(19)14-8-6-4-5-7-12(17)18/h16H,2-11H2,1H3,(H,14,19)(H,17,18). The van der Waals surface area contributed by atoms with Gasteiger partial charge in [0.15, 0.2) is 0 Å². The molecule has 0 bridgehead atoms. The predicted octanol–water partition coefficient (Wildman–Crippen LogP) is 1.44. The molecule has 0 rings (SSSR count). The van der Waals surface area contributed by atoms with Crippen LogP contribution in [0.5, 0.6) is 0 Å². The van der Waals surface area contributed by atoms with Gasteiger partial charge in [0.1, 0.15) is 0 Å². The largest absolute Gasteiger partial charge is 0.481 e. The zero-order valence-corrected chi connectivity index (χ0v) is 11.7. The van der Waals surface area contributed by atoms with E-state index in [1.54, 1.807) is 4.90 Å². The fourth-order valence-corrected chi connectivity index (χ4v) is 1.67. The molecule has 0 atom stereocenters. The summed E-state index contributed by atoms with van der Waals surface area (Å²) in [7, 11) is 0. The minimum absolute atomic E-state index is 0.0320. The molecule has 3 N–H and O–H groups in total. The number of carbonyl (C=O) groups excluding carboxylic acids is 1. The maximum absolute atomic E-state index is 11.8. The number of urea groups is 1. The van der Waals surface area contributed by atoms with E-state index >= 15 is 0 Å². The van der Waals surface area contributed by atoms with E-state index in [0.717, 1.165) is 25.7 Å². The summed E-state index contributed by atoms with van der Waals surface area (Å²) in [5.74, 6) is -0.780. The molecule has 6 heteroatoms. The molecule has 0 saturated carbocycles. The van der Waals surface area contributed by atoms with Gasteiger partial charge in [-0.25, -0.2) is 4.79 Å². The number of rotatable bonds is 11. The molecule has 112 valence electrons. The molecule has 0 aliphatic heterocycles. The van der Waals surface area contributed by atoms with E-state index in [1.165, 1.54) is 0 Å². The number of aliphatic carboxylic acids is 1. The normalized spacial score (nSPS) is 10.2. The van der Waals surface area contributed by atoms with E-state index < -0.39 is 5.97 Å². The third-order valence-corrected chi connectivity index (χ3v) is 2.78. The highest BCUT2D eigenvalue weighted by molar-refractivity contribution is 5.74. The summed E-state index contributed by atoms with van der Waals surface area (Å²) >= 11 is 0. The van der Waals surface area contributed by atoms with Crippen LogP contribution in [-0.2, 0) is 4.79 Å². The number of carboxylic acids is 1. The zero-order valence-electron chi connectivity index (χ0n) is 11.7. The number of aliphatic hydroxyl groups excluding tert-OH is 1. The first kappa shape index (κ1) is 17.7. The van der Waals surface area contributed by atoms with Gasteiger partial charge >= 0.3 is 12.0 Å². The van der Waals surface area contributed by atoms with Gasteiger partial charge in [0, 0.05) is 26.1 Å². The summed E-state index contributed by atoms with van der Waals surface area (Å²) in [6.07, 6.45) is 4.32. The highest BCUT2D eigenvalue weighted by atomic mass is 16.4. The predicted molar refractivity (Wildman–Crippen MR) is 73.1 cm³/mol. The van der Waals surface area contributed by atoms with Gasteiger partial charge in [0.2, 0.25) is 0 Å². The third-order valence-electron chi connectivity index (χ3n) is 2.78. The van der Waals surface area contributed by atoms with Gasteiger partial charge in [-0.05, 0) is 19.3 Å². The molecule has 0 aliphatic carbocycles. The molecule has 6 nitrogen and oxygen atoms in total. The minimum Gasteiger partial charge on any atom is -0.481 e. The number of hydrogen-bond donors (Lipinski definition) is 3. The van der Waals surface area contributed by atoms with Gasteiger partial charge in [-0.2, -0.15) is 0 Å². The summed E-state index contributed by atoms with van der Waals surface area (Å²) < 4.78 is 0. The lowest BCUT2D eigenvalue weighted by Gasteiger charge is -2.21. The van der Waals surface area contributed by atoms with E-state index in [2.05, 4.69) is 12.2 Å². The second kappa shape index (κ2) is 11.8. The van der Waals surface area contributed by atoms with Gasteiger partial charge in [-0.1, -0.05) is 19.8 Å². The number of nitrogens with one attached hydrogen (secondary N) is 1. The maximum atomic E-state index is 11.8. The number of nitrogens with zero attached hydrogens (tertiary/aromatic N) is 1. The van der Waals surface area contributed by atoms with Crippen LogP contribution < -0.4 is 5.32 Å². The first-order valence-electron chi connectivity index (χ1n) is 6.97. The second-order valence-electron chi connectivity index (χ2n) is 4.50. The van der Waals surface area contributed by atoms with Crippen molar-refractivity contribution in [2.24, 2.45) is 0 Å². The van der Waals surface area contributed by atoms with Crippen molar-refractivity contribution >= 4 is 12.0 Å². The van der Waals surface area contributed by atoms with Crippen LogP contribution in [0.25, 0.3) is 0 Å². The minimum atomic E-state index is -0.780. The molecule has 0 aromatic heterocycles. The van der Waals surface area contributed by atoms with E-state index in [1.807, 2.05) is 0 Å². The Labute approximate surface area is 114 Å². The van der Waals surface area contributed by atoms with E-state index in [-0.39, 0.29) is 19.1 Å². The van der Waals surface area contributed by atoms with Gasteiger partial charge in [0.05, 0.1) is 6.61 Å². The molecule has 0 unspecified atom stereocenters. The zero-order chi connectivity index (χ0) is 14.5. The first-order valence-corrected chi connectivity index (χ1v) is 6.97. The van der Waals surface area contributed by atoms with Crippen molar-refractivity contribution in [1.29, 1.82) is 0 Å². The average molecular weight is 274 g/mol. The highest BCUT2D eigenvalue weighted by Crippen LogP contribution is 2.00. The lowest BCUT2D eigenvalue weighted by atomic mass is 10.2. The molecule has 0 aromatic rings. The van der Waals surface area contributed by atoms with Crippen molar-refractivity contribution in [3.8, 4) is 0 Å². The molecule has 0 saturated heterocycles. The lowest BCUT2D eigenvalue weighted by molar-refractivity contribution is -0.137. The lowest BCUT2D eigenvalue weighted by Crippen LogP contribution is -2.42. The Kier molecular flexibility index (Phi) is 11.0. The van der Waals surface area contributed by atoms with Crippen LogP contribution in [-0.4, -0.2) is 53.4 Å². The van der Waals surface area contributed by atoms with Crippen molar-refractivity contribution in [2.75, 3.05) is 26.2 Å². The van der Waals surface area contributed by atoms with Crippen LogP contribution in [0, 0.1) is 0 Å². The highest BCUT2D eigenvalue weighted by Gasteiger charge is 2.11. The molecule has 0 heterocycles. The molecular formula is C13H26N2O4. The Hall–Kier alpha value is -1.30. The SMILES string of the molecule is CCCCN(CCO)C(=O)NCCCCCC(=O)O. The van der Waals surface area contributed by atoms with Crippen LogP contribution in [0.4, 0.5) is 4.79 Å². The Morgan fingerprint density at radius 1 is 1.11 bits per heavy atom. The van der Waals surface area contributed by atoms with Crippen molar-refractivity contribution < 1.29 is 19.8 Å². The van der Waals surface area contributed by atoms with E-state index in [9.17, 15) is 9.59 Å². The number of unbranched alkanes of at least 4 members (excludes halogenated alkanes) is 3. The molecule has 0 aliphatic rings. The van der Waals surface area contributed by atoms with Gasteiger partial charge in [0.25, 0.3) is 0 Å². The molecule has 0 spiro atoms. The molecular weight excluding hydrogens is 248 g/mol. The first-order chi connectivity index (χ1) is 9.11. The molecule has 0 radical (unpaired) electrons. The Morgan fingerprint density at radius 3 is 2.42 bits per heavy atom. The van der Waals surface area contributed by atoms with Crippen molar-refractivity contribution in [3.05, 3.63) is 0 Å². The maximum Gasteiger partial charge on any atom is 0.317 e. The van der Waals surface area contributed by atoms with E-state index in [0.29, 0.717) is 26.1 Å². The van der Waals surface area contributed by atoms with Crippen LogP contribution in [0.2, 0.25) is 0 Å². The third kappa shape index (κ3) is 10.3. The summed E-state index contributed by atoms with van der Waals surface area (Å²) in [6, 6.07) is -0.152. The number of aliphatic hydroxyl groups is 1. The van der Waals surface area contributed by atoms with Crippen molar-refractivity contribution in [1.82, 2.24) is 10.2 Å². The van der Waals surface area contributed by atoms with Crippen LogP contribution >= 0.6 is 0 Å².